The van der Waals surface area contributed by atoms with Crippen LogP contribution in [0.15, 0.2) is 24.4 Å². The SMILES string of the molecule is C#CCNC(=S)N(Cc1ccccn1)C(=N)N. The van der Waals surface area contributed by atoms with Gasteiger partial charge >= 0.3 is 0 Å². The standard InChI is InChI=1S/C11H13N5S/c1-2-6-15-11(17)16(10(12)13)8-9-5-3-4-7-14-9/h1,3-5,7H,6,8H2,(H3,12,13)(H,15,17). The molecule has 1 aromatic rings. The van der Waals surface area contributed by atoms with E-state index in [1.165, 1.54) is 4.90 Å². The lowest BCUT2D eigenvalue weighted by molar-refractivity contribution is 0.571. The van der Waals surface area contributed by atoms with Gasteiger partial charge in [0.1, 0.15) is 0 Å². The van der Waals surface area contributed by atoms with Crippen molar-refractivity contribution in [2.75, 3.05) is 6.54 Å². The summed E-state index contributed by atoms with van der Waals surface area (Å²) in [5.74, 6) is 2.26. The molecule has 0 amide bonds. The molecule has 6 heteroatoms. The van der Waals surface area contributed by atoms with Gasteiger partial charge in [0.2, 0.25) is 0 Å². The number of nitrogens with two attached hydrogens (primary N) is 1. The Bertz CT molecular complexity index is 437. The van der Waals surface area contributed by atoms with E-state index < -0.39 is 0 Å². The second kappa shape index (κ2) is 6.45. The molecule has 0 saturated heterocycles. The quantitative estimate of drug-likeness (QED) is 0.309. The smallest absolute Gasteiger partial charge is 0.195 e. The van der Waals surface area contributed by atoms with E-state index in [2.05, 4.69) is 16.2 Å². The van der Waals surface area contributed by atoms with Crippen molar-refractivity contribution in [2.24, 2.45) is 5.73 Å². The van der Waals surface area contributed by atoms with Crippen LogP contribution in [0.25, 0.3) is 0 Å². The second-order valence-electron chi connectivity index (χ2n) is 3.16. The summed E-state index contributed by atoms with van der Waals surface area (Å²) in [6, 6.07) is 5.51. The molecule has 4 N–H and O–H groups in total. The van der Waals surface area contributed by atoms with Gasteiger partial charge in [-0.15, -0.1) is 6.42 Å². The minimum atomic E-state index is -0.148. The van der Waals surface area contributed by atoms with E-state index in [1.54, 1.807) is 6.20 Å². The minimum Gasteiger partial charge on any atom is -0.370 e. The zero-order valence-electron chi connectivity index (χ0n) is 9.18. The molecule has 0 aromatic carbocycles. The molecule has 1 rings (SSSR count). The summed E-state index contributed by atoms with van der Waals surface area (Å²) in [6.07, 6.45) is 6.79. The van der Waals surface area contributed by atoms with Gasteiger partial charge in [-0.1, -0.05) is 12.0 Å². The van der Waals surface area contributed by atoms with Gasteiger partial charge in [0, 0.05) is 6.20 Å². The number of aromatic nitrogens is 1. The van der Waals surface area contributed by atoms with Crippen LogP contribution in [0.2, 0.25) is 0 Å². The highest BCUT2D eigenvalue weighted by Gasteiger charge is 2.12. The molecule has 5 nitrogen and oxygen atoms in total. The van der Waals surface area contributed by atoms with Crippen molar-refractivity contribution in [3.8, 4) is 12.3 Å². The first-order valence-corrected chi connectivity index (χ1v) is 5.28. The molecular formula is C11H13N5S. The normalized spacial score (nSPS) is 9.12. The van der Waals surface area contributed by atoms with Gasteiger partial charge in [0.25, 0.3) is 0 Å². The number of guanidine groups is 1. The summed E-state index contributed by atoms with van der Waals surface area (Å²) < 4.78 is 0. The van der Waals surface area contributed by atoms with Crippen molar-refractivity contribution in [3.63, 3.8) is 0 Å². The molecule has 0 aliphatic rings. The number of nitrogens with zero attached hydrogens (tertiary/aromatic N) is 2. The van der Waals surface area contributed by atoms with Crippen molar-refractivity contribution in [1.29, 1.82) is 5.41 Å². The summed E-state index contributed by atoms with van der Waals surface area (Å²) in [6.45, 7) is 0.636. The Morgan fingerprint density at radius 1 is 1.65 bits per heavy atom. The molecule has 0 saturated carbocycles. The summed E-state index contributed by atoms with van der Waals surface area (Å²) in [4.78, 5) is 5.57. The average Bonchev–Trinajstić information content (AvgIpc) is 2.34. The fourth-order valence-electron chi connectivity index (χ4n) is 1.14. The molecule has 1 heterocycles. The Morgan fingerprint density at radius 3 is 2.94 bits per heavy atom. The van der Waals surface area contributed by atoms with E-state index in [0.29, 0.717) is 18.2 Å². The topological polar surface area (TPSA) is 78.0 Å². The zero-order chi connectivity index (χ0) is 12.7. The molecule has 1 aromatic heterocycles. The molecule has 0 fully saturated rings. The predicted octanol–water partition coefficient (Wildman–Crippen LogP) is 0.285. The third-order valence-corrected chi connectivity index (χ3v) is 2.29. The fourth-order valence-corrected chi connectivity index (χ4v) is 1.38. The monoisotopic (exact) mass is 247 g/mol. The first-order valence-electron chi connectivity index (χ1n) is 4.88. The molecule has 0 aliphatic heterocycles. The first-order chi connectivity index (χ1) is 8.15. The lowest BCUT2D eigenvalue weighted by Crippen LogP contribution is -2.46. The third kappa shape index (κ3) is 4.09. The maximum Gasteiger partial charge on any atom is 0.195 e. The van der Waals surface area contributed by atoms with Crippen molar-refractivity contribution in [2.45, 2.75) is 6.54 Å². The lowest BCUT2D eigenvalue weighted by atomic mass is 10.3. The lowest BCUT2D eigenvalue weighted by Gasteiger charge is -2.22. The Morgan fingerprint density at radius 2 is 2.41 bits per heavy atom. The molecule has 0 spiro atoms. The van der Waals surface area contributed by atoms with Gasteiger partial charge in [-0.2, -0.15) is 0 Å². The molecule has 0 atom stereocenters. The summed E-state index contributed by atoms with van der Waals surface area (Å²) >= 11 is 5.09. The number of hydrogen-bond donors (Lipinski definition) is 3. The maximum absolute atomic E-state index is 7.46. The zero-order valence-corrected chi connectivity index (χ0v) is 10.00. The van der Waals surface area contributed by atoms with E-state index in [0.717, 1.165) is 5.69 Å². The molecule has 88 valence electrons. The molecule has 0 bridgehead atoms. The molecule has 0 aliphatic carbocycles. The van der Waals surface area contributed by atoms with Crippen LogP contribution in [0.3, 0.4) is 0 Å². The van der Waals surface area contributed by atoms with Crippen LogP contribution >= 0.6 is 12.2 Å². The van der Waals surface area contributed by atoms with Crippen LogP contribution in [0.1, 0.15) is 5.69 Å². The van der Waals surface area contributed by atoms with E-state index in [1.807, 2.05) is 18.2 Å². The number of pyridine rings is 1. The van der Waals surface area contributed by atoms with Gasteiger partial charge in [-0.05, 0) is 24.4 Å². The van der Waals surface area contributed by atoms with Gasteiger partial charge in [0.05, 0.1) is 18.8 Å². The highest BCUT2D eigenvalue weighted by atomic mass is 32.1. The second-order valence-corrected chi connectivity index (χ2v) is 3.54. The highest BCUT2D eigenvalue weighted by Crippen LogP contribution is 2.00. The Balaban J connectivity index is 2.71. The highest BCUT2D eigenvalue weighted by molar-refractivity contribution is 7.80. The Hall–Kier alpha value is -2.13. The van der Waals surface area contributed by atoms with E-state index >= 15 is 0 Å². The van der Waals surface area contributed by atoms with Crippen LogP contribution < -0.4 is 11.1 Å². The predicted molar refractivity (Wildman–Crippen MR) is 71.1 cm³/mol. The number of terminal acetylenes is 1. The number of thiocarbonyl (C=S) groups is 1. The summed E-state index contributed by atoms with van der Waals surface area (Å²) in [5.41, 5.74) is 6.23. The van der Waals surface area contributed by atoms with E-state index in [-0.39, 0.29) is 5.96 Å². The number of hydrogen-bond acceptors (Lipinski definition) is 3. The number of nitrogens with one attached hydrogen (secondary N) is 2. The largest absolute Gasteiger partial charge is 0.370 e. The van der Waals surface area contributed by atoms with Crippen LogP contribution in [0.4, 0.5) is 0 Å². The van der Waals surface area contributed by atoms with Gasteiger partial charge < -0.3 is 11.1 Å². The van der Waals surface area contributed by atoms with Gasteiger partial charge in [-0.3, -0.25) is 15.3 Å². The molecule has 17 heavy (non-hydrogen) atoms. The van der Waals surface area contributed by atoms with Gasteiger partial charge in [0.15, 0.2) is 11.1 Å². The van der Waals surface area contributed by atoms with Crippen molar-refractivity contribution in [3.05, 3.63) is 30.1 Å². The van der Waals surface area contributed by atoms with Gasteiger partial charge in [-0.25, -0.2) is 0 Å². The molecule has 0 radical (unpaired) electrons. The molecular weight excluding hydrogens is 234 g/mol. The third-order valence-electron chi connectivity index (χ3n) is 1.92. The van der Waals surface area contributed by atoms with Crippen molar-refractivity contribution >= 4 is 23.3 Å². The fraction of sp³-hybridized carbons (Fsp3) is 0.182. The van der Waals surface area contributed by atoms with Crippen LogP contribution in [0.5, 0.6) is 0 Å². The van der Waals surface area contributed by atoms with Crippen LogP contribution in [0, 0.1) is 17.8 Å². The summed E-state index contributed by atoms with van der Waals surface area (Å²) in [7, 11) is 0. The van der Waals surface area contributed by atoms with E-state index in [9.17, 15) is 0 Å². The average molecular weight is 247 g/mol. The van der Waals surface area contributed by atoms with Crippen molar-refractivity contribution in [1.82, 2.24) is 15.2 Å². The minimum absolute atomic E-state index is 0.148. The first kappa shape index (κ1) is 12.9. The maximum atomic E-state index is 7.46. The summed E-state index contributed by atoms with van der Waals surface area (Å²) in [5, 5.41) is 10.6. The van der Waals surface area contributed by atoms with E-state index in [4.69, 9.17) is 29.8 Å². The Labute approximate surface area is 106 Å². The molecule has 0 unspecified atom stereocenters. The Kier molecular flexibility index (Phi) is 4.91. The van der Waals surface area contributed by atoms with Crippen LogP contribution in [-0.4, -0.2) is 27.5 Å². The number of rotatable bonds is 3. The van der Waals surface area contributed by atoms with Crippen LogP contribution in [-0.2, 0) is 6.54 Å². The van der Waals surface area contributed by atoms with Crippen molar-refractivity contribution < 1.29 is 0 Å².